The molecule has 0 aliphatic heterocycles. The minimum Gasteiger partial charge on any atom is -0.335 e. The van der Waals surface area contributed by atoms with Gasteiger partial charge in [-0.1, -0.05) is 12.1 Å². The number of hydrogen-bond donors (Lipinski definition) is 2. The molecule has 2 N–H and O–H groups in total. The van der Waals surface area contributed by atoms with Gasteiger partial charge in [-0.15, -0.1) is 0 Å². The molecule has 0 unspecified atom stereocenters. The quantitative estimate of drug-likeness (QED) is 0.709. The van der Waals surface area contributed by atoms with Crippen molar-refractivity contribution >= 4 is 11.7 Å². The first-order chi connectivity index (χ1) is 13.1. The summed E-state index contributed by atoms with van der Waals surface area (Å²) in [7, 11) is 0. The molecule has 2 aromatic carbocycles. The number of hydrogen-bond acceptors (Lipinski definition) is 5. The molecule has 2 amide bonds. The van der Waals surface area contributed by atoms with Gasteiger partial charge in [0.25, 0.3) is 5.89 Å². The van der Waals surface area contributed by atoms with Crippen molar-refractivity contribution < 1.29 is 9.32 Å². The third-order valence-corrected chi connectivity index (χ3v) is 4.08. The van der Waals surface area contributed by atoms with Crippen LogP contribution in [0.5, 0.6) is 0 Å². The van der Waals surface area contributed by atoms with Gasteiger partial charge in [0.2, 0.25) is 5.82 Å². The van der Waals surface area contributed by atoms with Crippen molar-refractivity contribution in [2.75, 3.05) is 5.32 Å². The SMILES string of the molecule is CC[C@H](C)NC(=O)Nc1ccc(-c2noc(-c3ccc(C#N)cc3)n2)cc1. The Morgan fingerprint density at radius 2 is 1.81 bits per heavy atom. The third kappa shape index (κ3) is 4.50. The van der Waals surface area contributed by atoms with Crippen LogP contribution in [0, 0.1) is 11.3 Å². The Kier molecular flexibility index (Phi) is 5.47. The second-order valence-corrected chi connectivity index (χ2v) is 6.10. The average molecular weight is 361 g/mol. The minimum absolute atomic E-state index is 0.115. The lowest BCUT2D eigenvalue weighted by Gasteiger charge is -2.12. The zero-order valence-corrected chi connectivity index (χ0v) is 15.1. The maximum absolute atomic E-state index is 11.9. The molecule has 7 nitrogen and oxygen atoms in total. The number of carbonyl (C=O) groups excluding carboxylic acids is 1. The Morgan fingerprint density at radius 3 is 2.44 bits per heavy atom. The third-order valence-electron chi connectivity index (χ3n) is 4.08. The molecule has 27 heavy (non-hydrogen) atoms. The molecule has 0 saturated heterocycles. The molecule has 0 aliphatic rings. The first-order valence-corrected chi connectivity index (χ1v) is 8.61. The summed E-state index contributed by atoms with van der Waals surface area (Å²) < 4.78 is 5.31. The second-order valence-electron chi connectivity index (χ2n) is 6.10. The van der Waals surface area contributed by atoms with Crippen LogP contribution in [0.4, 0.5) is 10.5 Å². The number of rotatable bonds is 5. The van der Waals surface area contributed by atoms with E-state index in [-0.39, 0.29) is 12.1 Å². The highest BCUT2D eigenvalue weighted by atomic mass is 16.5. The van der Waals surface area contributed by atoms with Gasteiger partial charge in [-0.3, -0.25) is 0 Å². The molecule has 1 atom stereocenters. The number of nitriles is 1. The van der Waals surface area contributed by atoms with Gasteiger partial charge in [-0.05, 0) is 61.9 Å². The van der Waals surface area contributed by atoms with Crippen molar-refractivity contribution in [2.45, 2.75) is 26.3 Å². The van der Waals surface area contributed by atoms with E-state index in [1.54, 1.807) is 36.4 Å². The van der Waals surface area contributed by atoms with E-state index in [2.05, 4.69) is 26.8 Å². The summed E-state index contributed by atoms with van der Waals surface area (Å²) in [5, 5.41) is 18.5. The highest BCUT2D eigenvalue weighted by Gasteiger charge is 2.11. The lowest BCUT2D eigenvalue weighted by molar-refractivity contribution is 0.249. The summed E-state index contributed by atoms with van der Waals surface area (Å²) in [5.41, 5.74) is 2.76. The minimum atomic E-state index is -0.236. The molecule has 3 rings (SSSR count). The summed E-state index contributed by atoms with van der Waals surface area (Å²) in [5.74, 6) is 0.828. The highest BCUT2D eigenvalue weighted by molar-refractivity contribution is 5.89. The largest absolute Gasteiger partial charge is 0.335 e. The Morgan fingerprint density at radius 1 is 1.15 bits per heavy atom. The smallest absolute Gasteiger partial charge is 0.319 e. The van der Waals surface area contributed by atoms with Crippen LogP contribution in [0.25, 0.3) is 22.8 Å². The van der Waals surface area contributed by atoms with Gasteiger partial charge < -0.3 is 15.2 Å². The monoisotopic (exact) mass is 361 g/mol. The van der Waals surface area contributed by atoms with Crippen LogP contribution in [0.1, 0.15) is 25.8 Å². The molecule has 0 saturated carbocycles. The van der Waals surface area contributed by atoms with Crippen molar-refractivity contribution in [3.05, 3.63) is 54.1 Å². The van der Waals surface area contributed by atoms with E-state index in [0.717, 1.165) is 17.5 Å². The molecule has 0 fully saturated rings. The number of amides is 2. The van der Waals surface area contributed by atoms with E-state index in [9.17, 15) is 4.79 Å². The zero-order chi connectivity index (χ0) is 19.2. The predicted octanol–water partition coefficient (Wildman–Crippen LogP) is 4.20. The standard InChI is InChI=1S/C20H19N5O2/c1-3-13(2)22-20(26)23-17-10-8-15(9-11-17)18-24-19(27-25-18)16-6-4-14(12-21)5-7-16/h4-11,13H,3H2,1-2H3,(H2,22,23,26)/t13-/m0/s1. The maximum Gasteiger partial charge on any atom is 0.319 e. The second kappa shape index (κ2) is 8.15. The number of anilines is 1. The summed E-state index contributed by atoms with van der Waals surface area (Å²) in [6.07, 6.45) is 0.867. The van der Waals surface area contributed by atoms with Crippen molar-refractivity contribution in [1.29, 1.82) is 5.26 Å². The first kappa shape index (κ1) is 18.1. The molecular weight excluding hydrogens is 342 g/mol. The Labute approximate surface area is 157 Å². The van der Waals surface area contributed by atoms with Crippen molar-refractivity contribution in [3.63, 3.8) is 0 Å². The molecule has 136 valence electrons. The zero-order valence-electron chi connectivity index (χ0n) is 15.1. The number of urea groups is 1. The fourth-order valence-electron chi connectivity index (χ4n) is 2.34. The normalized spacial score (nSPS) is 11.4. The lowest BCUT2D eigenvalue weighted by atomic mass is 10.1. The Hall–Kier alpha value is -3.66. The van der Waals surface area contributed by atoms with E-state index >= 15 is 0 Å². The molecular formula is C20H19N5O2. The molecule has 0 aliphatic carbocycles. The molecule has 7 heteroatoms. The van der Waals surface area contributed by atoms with E-state index in [4.69, 9.17) is 9.78 Å². The van der Waals surface area contributed by atoms with Gasteiger partial charge in [0.1, 0.15) is 0 Å². The fraction of sp³-hybridized carbons (Fsp3) is 0.200. The molecule has 0 spiro atoms. The Bertz CT molecular complexity index is 955. The van der Waals surface area contributed by atoms with Crippen LogP contribution in [-0.4, -0.2) is 22.2 Å². The number of aromatic nitrogens is 2. The van der Waals surface area contributed by atoms with Crippen LogP contribution in [0.2, 0.25) is 0 Å². The summed E-state index contributed by atoms with van der Waals surface area (Å²) >= 11 is 0. The van der Waals surface area contributed by atoms with Crippen LogP contribution in [0.3, 0.4) is 0 Å². The topological polar surface area (TPSA) is 104 Å². The number of benzene rings is 2. The summed E-state index contributed by atoms with van der Waals surface area (Å²) in [4.78, 5) is 16.2. The van der Waals surface area contributed by atoms with Crippen LogP contribution in [0.15, 0.2) is 53.1 Å². The molecule has 1 heterocycles. The number of carbonyl (C=O) groups is 1. The number of nitrogens with zero attached hydrogens (tertiary/aromatic N) is 3. The lowest BCUT2D eigenvalue weighted by Crippen LogP contribution is -2.35. The number of nitrogens with one attached hydrogen (secondary N) is 2. The fourth-order valence-corrected chi connectivity index (χ4v) is 2.34. The van der Waals surface area contributed by atoms with Crippen LogP contribution >= 0.6 is 0 Å². The van der Waals surface area contributed by atoms with E-state index in [1.165, 1.54) is 0 Å². The highest BCUT2D eigenvalue weighted by Crippen LogP contribution is 2.23. The van der Waals surface area contributed by atoms with Gasteiger partial charge in [0.05, 0.1) is 11.6 Å². The van der Waals surface area contributed by atoms with Gasteiger partial charge in [0, 0.05) is 22.9 Å². The van der Waals surface area contributed by atoms with Crippen molar-refractivity contribution in [3.8, 4) is 28.9 Å². The van der Waals surface area contributed by atoms with E-state index in [1.807, 2.05) is 26.0 Å². The van der Waals surface area contributed by atoms with Crippen LogP contribution < -0.4 is 10.6 Å². The molecule has 0 bridgehead atoms. The average Bonchev–Trinajstić information content (AvgIpc) is 3.18. The predicted molar refractivity (Wildman–Crippen MR) is 102 cm³/mol. The maximum atomic E-state index is 11.9. The van der Waals surface area contributed by atoms with Gasteiger partial charge >= 0.3 is 6.03 Å². The van der Waals surface area contributed by atoms with Gasteiger partial charge in [0.15, 0.2) is 0 Å². The van der Waals surface area contributed by atoms with E-state index < -0.39 is 0 Å². The summed E-state index contributed by atoms with van der Waals surface area (Å²) in [6.45, 7) is 3.96. The van der Waals surface area contributed by atoms with Crippen molar-refractivity contribution in [1.82, 2.24) is 15.5 Å². The molecule has 3 aromatic rings. The van der Waals surface area contributed by atoms with E-state index in [0.29, 0.717) is 23.0 Å². The first-order valence-electron chi connectivity index (χ1n) is 8.61. The van der Waals surface area contributed by atoms with Gasteiger partial charge in [-0.2, -0.15) is 10.2 Å². The molecule has 1 aromatic heterocycles. The van der Waals surface area contributed by atoms with Crippen LogP contribution in [-0.2, 0) is 0 Å². The Balaban J connectivity index is 1.69. The van der Waals surface area contributed by atoms with Gasteiger partial charge in [-0.25, -0.2) is 4.79 Å². The molecule has 0 radical (unpaired) electrons. The van der Waals surface area contributed by atoms with Crippen molar-refractivity contribution in [2.24, 2.45) is 0 Å². The summed E-state index contributed by atoms with van der Waals surface area (Å²) in [6, 6.07) is 16.1.